The first-order valence-electron chi connectivity index (χ1n) is 10.2. The smallest absolute Gasteiger partial charge is 0.253 e. The lowest BCUT2D eigenvalue weighted by Gasteiger charge is -2.31. The van der Waals surface area contributed by atoms with Crippen LogP contribution in [0.15, 0.2) is 48.5 Å². The van der Waals surface area contributed by atoms with Gasteiger partial charge in [-0.05, 0) is 49.6 Å². The Bertz CT molecular complexity index is 1040. The SMILES string of the molecule is O=C(c1cccc(N2CCCC2=O)c1)N1CCC(c2nc3ccccc3s2)CC1. The molecule has 3 heterocycles. The minimum atomic E-state index is 0.0567. The van der Waals surface area contributed by atoms with E-state index < -0.39 is 0 Å². The fraction of sp³-hybridized carbons (Fsp3) is 0.348. The van der Waals surface area contributed by atoms with Gasteiger partial charge in [-0.3, -0.25) is 9.59 Å². The van der Waals surface area contributed by atoms with Crippen molar-refractivity contribution in [2.24, 2.45) is 0 Å². The van der Waals surface area contributed by atoms with Crippen molar-refractivity contribution < 1.29 is 9.59 Å². The van der Waals surface area contributed by atoms with Crippen molar-refractivity contribution in [1.82, 2.24) is 9.88 Å². The van der Waals surface area contributed by atoms with E-state index in [4.69, 9.17) is 4.98 Å². The van der Waals surface area contributed by atoms with Gasteiger partial charge in [0, 0.05) is 43.2 Å². The van der Waals surface area contributed by atoms with Crippen LogP contribution < -0.4 is 4.90 Å². The number of anilines is 1. The molecule has 0 spiro atoms. The number of thiazole rings is 1. The van der Waals surface area contributed by atoms with E-state index in [0.29, 0.717) is 17.9 Å². The maximum atomic E-state index is 13.0. The van der Waals surface area contributed by atoms with Gasteiger partial charge in [-0.2, -0.15) is 0 Å². The second kappa shape index (κ2) is 7.59. The molecule has 5 nitrogen and oxygen atoms in total. The van der Waals surface area contributed by atoms with Crippen LogP contribution in [0, 0.1) is 0 Å². The zero-order valence-electron chi connectivity index (χ0n) is 16.2. The molecule has 0 aliphatic carbocycles. The number of hydrogen-bond acceptors (Lipinski definition) is 4. The number of hydrogen-bond donors (Lipinski definition) is 0. The molecule has 2 aromatic carbocycles. The van der Waals surface area contributed by atoms with Crippen LogP contribution in [-0.2, 0) is 4.79 Å². The minimum absolute atomic E-state index is 0.0567. The van der Waals surface area contributed by atoms with E-state index in [-0.39, 0.29) is 11.8 Å². The Morgan fingerprint density at radius 3 is 2.62 bits per heavy atom. The molecule has 0 saturated carbocycles. The van der Waals surface area contributed by atoms with E-state index in [9.17, 15) is 9.59 Å². The van der Waals surface area contributed by atoms with Crippen LogP contribution in [-0.4, -0.2) is 41.3 Å². The molecule has 6 heteroatoms. The van der Waals surface area contributed by atoms with Crippen molar-refractivity contribution in [2.45, 2.75) is 31.6 Å². The zero-order valence-corrected chi connectivity index (χ0v) is 17.0. The Hall–Kier alpha value is -2.73. The van der Waals surface area contributed by atoms with Crippen molar-refractivity contribution in [3.05, 3.63) is 59.1 Å². The van der Waals surface area contributed by atoms with E-state index >= 15 is 0 Å². The van der Waals surface area contributed by atoms with Gasteiger partial charge in [0.15, 0.2) is 0 Å². The van der Waals surface area contributed by atoms with Gasteiger partial charge in [-0.25, -0.2) is 4.98 Å². The van der Waals surface area contributed by atoms with Gasteiger partial charge in [0.05, 0.1) is 15.2 Å². The standard InChI is InChI=1S/C23H23N3O2S/c27-21-9-4-12-26(21)18-6-3-5-17(15-18)23(28)25-13-10-16(11-14-25)22-24-19-7-1-2-8-20(19)29-22/h1-3,5-8,15-16H,4,9-14H2. The van der Waals surface area contributed by atoms with E-state index in [1.807, 2.05) is 35.2 Å². The summed E-state index contributed by atoms with van der Waals surface area (Å²) in [5.41, 5.74) is 2.57. The highest BCUT2D eigenvalue weighted by Gasteiger charge is 2.27. The lowest BCUT2D eigenvalue weighted by molar-refractivity contribution is -0.117. The number of piperidine rings is 1. The number of carbonyl (C=O) groups is 2. The van der Waals surface area contributed by atoms with Crippen LogP contribution in [0.4, 0.5) is 5.69 Å². The Morgan fingerprint density at radius 1 is 1.03 bits per heavy atom. The molecule has 0 bridgehead atoms. The number of likely N-dealkylation sites (tertiary alicyclic amines) is 1. The van der Waals surface area contributed by atoms with Crippen LogP contribution in [0.3, 0.4) is 0 Å². The molecule has 29 heavy (non-hydrogen) atoms. The van der Waals surface area contributed by atoms with Crippen molar-refractivity contribution in [3.63, 3.8) is 0 Å². The largest absolute Gasteiger partial charge is 0.339 e. The third kappa shape index (κ3) is 3.53. The minimum Gasteiger partial charge on any atom is -0.339 e. The van der Waals surface area contributed by atoms with Gasteiger partial charge in [0.25, 0.3) is 5.91 Å². The van der Waals surface area contributed by atoms with Crippen molar-refractivity contribution in [2.75, 3.05) is 24.5 Å². The highest BCUT2D eigenvalue weighted by Crippen LogP contribution is 2.34. The molecule has 2 saturated heterocycles. The van der Waals surface area contributed by atoms with Gasteiger partial charge in [0.1, 0.15) is 0 Å². The van der Waals surface area contributed by atoms with Crippen molar-refractivity contribution in [1.29, 1.82) is 0 Å². The summed E-state index contributed by atoms with van der Waals surface area (Å²) in [5.74, 6) is 0.623. The summed E-state index contributed by atoms with van der Waals surface area (Å²) in [6, 6.07) is 15.8. The maximum absolute atomic E-state index is 13.0. The molecular weight excluding hydrogens is 382 g/mol. The number of aromatic nitrogens is 1. The summed E-state index contributed by atoms with van der Waals surface area (Å²) in [6.45, 7) is 2.22. The number of rotatable bonds is 3. The average molecular weight is 406 g/mol. The highest BCUT2D eigenvalue weighted by atomic mass is 32.1. The Morgan fingerprint density at radius 2 is 1.86 bits per heavy atom. The average Bonchev–Trinajstić information content (AvgIpc) is 3.39. The van der Waals surface area contributed by atoms with Crippen LogP contribution >= 0.6 is 11.3 Å². The summed E-state index contributed by atoms with van der Waals surface area (Å²) < 4.78 is 1.23. The molecule has 2 fully saturated rings. The lowest BCUT2D eigenvalue weighted by Crippen LogP contribution is -2.38. The van der Waals surface area contributed by atoms with Crippen LogP contribution in [0.5, 0.6) is 0 Å². The number of amides is 2. The Balaban J connectivity index is 1.27. The van der Waals surface area contributed by atoms with Crippen molar-refractivity contribution in [3.8, 4) is 0 Å². The molecule has 148 valence electrons. The lowest BCUT2D eigenvalue weighted by atomic mass is 9.97. The van der Waals surface area contributed by atoms with Crippen LogP contribution in [0.1, 0.15) is 47.0 Å². The summed E-state index contributed by atoms with van der Waals surface area (Å²) in [6.07, 6.45) is 3.36. The molecular formula is C23H23N3O2S. The molecule has 2 aliphatic rings. The molecule has 5 rings (SSSR count). The summed E-state index contributed by atoms with van der Waals surface area (Å²) >= 11 is 1.77. The van der Waals surface area contributed by atoms with Gasteiger partial charge in [-0.15, -0.1) is 11.3 Å². The second-order valence-corrected chi connectivity index (χ2v) is 8.85. The van der Waals surface area contributed by atoms with Gasteiger partial charge >= 0.3 is 0 Å². The third-order valence-corrected chi connectivity index (χ3v) is 7.12. The number of fused-ring (bicyclic) bond motifs is 1. The first-order valence-corrected chi connectivity index (χ1v) is 11.1. The number of benzene rings is 2. The summed E-state index contributed by atoms with van der Waals surface area (Å²) in [7, 11) is 0. The van der Waals surface area contributed by atoms with Crippen LogP contribution in [0.2, 0.25) is 0 Å². The molecule has 0 unspecified atom stereocenters. The van der Waals surface area contributed by atoms with Gasteiger partial charge in [0.2, 0.25) is 5.91 Å². The zero-order chi connectivity index (χ0) is 19.8. The number of carbonyl (C=O) groups excluding carboxylic acids is 2. The number of nitrogens with zero attached hydrogens (tertiary/aromatic N) is 3. The van der Waals surface area contributed by atoms with Crippen molar-refractivity contribution >= 4 is 39.1 Å². The topological polar surface area (TPSA) is 53.5 Å². The molecule has 0 N–H and O–H groups in total. The third-order valence-electron chi connectivity index (χ3n) is 5.92. The fourth-order valence-corrected chi connectivity index (χ4v) is 5.44. The molecule has 3 aromatic rings. The Labute approximate surface area is 174 Å². The van der Waals surface area contributed by atoms with E-state index in [0.717, 1.165) is 50.1 Å². The molecule has 0 radical (unpaired) electrons. The van der Waals surface area contributed by atoms with Gasteiger partial charge < -0.3 is 9.80 Å². The molecule has 2 aliphatic heterocycles. The first-order chi connectivity index (χ1) is 14.2. The molecule has 2 amide bonds. The van der Waals surface area contributed by atoms with E-state index in [1.54, 1.807) is 16.2 Å². The predicted octanol–water partition coefficient (Wildman–Crippen LogP) is 4.44. The summed E-state index contributed by atoms with van der Waals surface area (Å²) in [4.78, 5) is 33.6. The Kier molecular flexibility index (Phi) is 4.79. The van der Waals surface area contributed by atoms with Gasteiger partial charge in [-0.1, -0.05) is 18.2 Å². The normalized spacial score (nSPS) is 18.0. The van der Waals surface area contributed by atoms with E-state index in [1.165, 1.54) is 9.71 Å². The highest BCUT2D eigenvalue weighted by molar-refractivity contribution is 7.18. The summed E-state index contributed by atoms with van der Waals surface area (Å²) in [5, 5.41) is 1.19. The quantitative estimate of drug-likeness (QED) is 0.647. The van der Waals surface area contributed by atoms with Crippen LogP contribution in [0.25, 0.3) is 10.2 Å². The predicted molar refractivity (Wildman–Crippen MR) is 116 cm³/mol. The molecule has 1 aromatic heterocycles. The molecule has 0 atom stereocenters. The first kappa shape index (κ1) is 18.3. The second-order valence-electron chi connectivity index (χ2n) is 7.79. The number of para-hydroxylation sites is 1. The van der Waals surface area contributed by atoms with E-state index in [2.05, 4.69) is 18.2 Å². The maximum Gasteiger partial charge on any atom is 0.253 e. The monoisotopic (exact) mass is 405 g/mol. The fourth-order valence-electron chi connectivity index (χ4n) is 4.30.